The van der Waals surface area contributed by atoms with Crippen LogP contribution in [0, 0.1) is 18.8 Å². The fourth-order valence-corrected chi connectivity index (χ4v) is 3.01. The zero-order valence-corrected chi connectivity index (χ0v) is 9.70. The molecule has 1 aromatic rings. The van der Waals surface area contributed by atoms with E-state index < -0.39 is 0 Å². The molecule has 2 heterocycles. The maximum Gasteiger partial charge on any atom is 0.163 e. The van der Waals surface area contributed by atoms with E-state index in [-0.39, 0.29) is 0 Å². The van der Waals surface area contributed by atoms with Crippen LogP contribution in [0.1, 0.15) is 30.7 Å². The van der Waals surface area contributed by atoms with Gasteiger partial charge in [-0.05, 0) is 44.2 Å². The van der Waals surface area contributed by atoms with Crippen molar-refractivity contribution in [2.45, 2.75) is 26.2 Å². The number of hydrogen-bond donors (Lipinski definition) is 1. The molecular weight excluding hydrogens is 200 g/mol. The number of nitrogens with zero attached hydrogens (tertiary/aromatic N) is 1. The Kier molecular flexibility index (Phi) is 2.56. The first-order valence-electron chi connectivity index (χ1n) is 6.19. The highest BCUT2D eigenvalue weighted by Crippen LogP contribution is 2.39. The molecule has 0 aromatic carbocycles. The van der Waals surface area contributed by atoms with Crippen LogP contribution in [-0.2, 0) is 0 Å². The van der Waals surface area contributed by atoms with E-state index in [1.54, 1.807) is 0 Å². The number of allylic oxidation sites excluding steroid dienone is 1. The van der Waals surface area contributed by atoms with Gasteiger partial charge in [0, 0.05) is 18.5 Å². The average molecular weight is 218 g/mol. The molecule has 1 saturated heterocycles. The molecule has 0 saturated carbocycles. The summed E-state index contributed by atoms with van der Waals surface area (Å²) in [4.78, 5) is 0. The average Bonchev–Trinajstić information content (AvgIpc) is 2.75. The van der Waals surface area contributed by atoms with Crippen LogP contribution in [0.25, 0.3) is 5.57 Å². The van der Waals surface area contributed by atoms with Gasteiger partial charge in [0.15, 0.2) is 5.76 Å². The van der Waals surface area contributed by atoms with Gasteiger partial charge in [-0.25, -0.2) is 0 Å². The molecule has 1 N–H and O–H groups in total. The molecule has 16 heavy (non-hydrogen) atoms. The zero-order valence-electron chi connectivity index (χ0n) is 9.70. The molecule has 1 aliphatic heterocycles. The van der Waals surface area contributed by atoms with Gasteiger partial charge in [0.2, 0.25) is 0 Å². The second-order valence-electron chi connectivity index (χ2n) is 4.93. The molecule has 0 bridgehead atoms. The first kappa shape index (κ1) is 10.1. The summed E-state index contributed by atoms with van der Waals surface area (Å²) < 4.78 is 5.41. The lowest BCUT2D eigenvalue weighted by molar-refractivity contribution is 0.278. The summed E-state index contributed by atoms with van der Waals surface area (Å²) in [5.74, 6) is 2.46. The van der Waals surface area contributed by atoms with E-state index in [9.17, 15) is 0 Å². The van der Waals surface area contributed by atoms with Crippen LogP contribution in [0.3, 0.4) is 0 Å². The van der Waals surface area contributed by atoms with Crippen molar-refractivity contribution in [3.8, 4) is 0 Å². The first-order chi connectivity index (χ1) is 7.84. The monoisotopic (exact) mass is 218 g/mol. The molecule has 86 valence electrons. The van der Waals surface area contributed by atoms with Gasteiger partial charge in [-0.1, -0.05) is 11.2 Å². The van der Waals surface area contributed by atoms with E-state index in [4.69, 9.17) is 4.52 Å². The predicted octanol–water partition coefficient (Wildman–Crippen LogP) is 2.39. The van der Waals surface area contributed by atoms with Crippen LogP contribution in [0.15, 0.2) is 16.7 Å². The summed E-state index contributed by atoms with van der Waals surface area (Å²) >= 11 is 0. The Morgan fingerprint density at radius 1 is 1.44 bits per heavy atom. The second-order valence-corrected chi connectivity index (χ2v) is 4.93. The van der Waals surface area contributed by atoms with Gasteiger partial charge in [-0.2, -0.15) is 0 Å². The highest BCUT2D eigenvalue weighted by atomic mass is 16.5. The standard InChI is InChI=1S/C13H18N2O/c1-9-7-13(16-15-9)11-4-2-3-10-5-6-14-8-12(10)11/h4,7,10,12,14H,2-3,5-6,8H2,1H3/t10-,12+/m1/s1. The number of aromatic nitrogens is 1. The van der Waals surface area contributed by atoms with Crippen molar-refractivity contribution in [3.63, 3.8) is 0 Å². The topological polar surface area (TPSA) is 38.1 Å². The molecule has 3 nitrogen and oxygen atoms in total. The van der Waals surface area contributed by atoms with Gasteiger partial charge in [-0.3, -0.25) is 0 Å². The second kappa shape index (κ2) is 4.06. The van der Waals surface area contributed by atoms with Crippen LogP contribution < -0.4 is 5.32 Å². The van der Waals surface area contributed by atoms with Crippen molar-refractivity contribution >= 4 is 5.57 Å². The van der Waals surface area contributed by atoms with Gasteiger partial charge in [0.1, 0.15) is 0 Å². The van der Waals surface area contributed by atoms with Gasteiger partial charge < -0.3 is 9.84 Å². The van der Waals surface area contributed by atoms with Gasteiger partial charge in [0.25, 0.3) is 0 Å². The Bertz CT molecular complexity index is 408. The first-order valence-corrected chi connectivity index (χ1v) is 6.19. The molecule has 1 aromatic heterocycles. The summed E-state index contributed by atoms with van der Waals surface area (Å²) in [6, 6.07) is 2.06. The minimum absolute atomic E-state index is 0.634. The third-order valence-corrected chi connectivity index (χ3v) is 3.84. The number of aryl methyl sites for hydroxylation is 1. The number of rotatable bonds is 1. The number of piperidine rings is 1. The molecule has 2 aliphatic rings. The molecule has 1 aliphatic carbocycles. The Labute approximate surface area is 95.9 Å². The van der Waals surface area contributed by atoms with Crippen LogP contribution in [0.5, 0.6) is 0 Å². The maximum atomic E-state index is 5.41. The van der Waals surface area contributed by atoms with E-state index in [1.807, 2.05) is 6.92 Å². The minimum Gasteiger partial charge on any atom is -0.356 e. The highest BCUT2D eigenvalue weighted by molar-refractivity contribution is 5.65. The fraction of sp³-hybridized carbons (Fsp3) is 0.615. The van der Waals surface area contributed by atoms with E-state index in [0.717, 1.165) is 23.9 Å². The molecule has 0 amide bonds. The van der Waals surface area contributed by atoms with Crippen molar-refractivity contribution in [1.29, 1.82) is 0 Å². The normalized spacial score (nSPS) is 29.7. The third-order valence-electron chi connectivity index (χ3n) is 3.84. The lowest BCUT2D eigenvalue weighted by atomic mass is 9.74. The Morgan fingerprint density at radius 3 is 3.19 bits per heavy atom. The van der Waals surface area contributed by atoms with Crippen molar-refractivity contribution in [1.82, 2.24) is 10.5 Å². The summed E-state index contributed by atoms with van der Waals surface area (Å²) in [5, 5.41) is 7.48. The quantitative estimate of drug-likeness (QED) is 0.786. The van der Waals surface area contributed by atoms with Gasteiger partial charge in [0.05, 0.1) is 5.69 Å². The maximum absolute atomic E-state index is 5.41. The van der Waals surface area contributed by atoms with Crippen LogP contribution in [0.4, 0.5) is 0 Å². The summed E-state index contributed by atoms with van der Waals surface area (Å²) in [5.41, 5.74) is 2.35. The van der Waals surface area contributed by atoms with Crippen LogP contribution in [-0.4, -0.2) is 18.2 Å². The molecule has 0 radical (unpaired) electrons. The van der Waals surface area contributed by atoms with Crippen molar-refractivity contribution in [3.05, 3.63) is 23.6 Å². The number of nitrogens with one attached hydrogen (secondary N) is 1. The van der Waals surface area contributed by atoms with E-state index in [2.05, 4.69) is 22.6 Å². The van der Waals surface area contributed by atoms with Crippen molar-refractivity contribution < 1.29 is 4.52 Å². The van der Waals surface area contributed by atoms with Gasteiger partial charge in [-0.15, -0.1) is 0 Å². The largest absolute Gasteiger partial charge is 0.356 e. The predicted molar refractivity (Wildman–Crippen MR) is 62.9 cm³/mol. The molecule has 0 spiro atoms. The molecule has 3 heteroatoms. The summed E-state index contributed by atoms with van der Waals surface area (Å²) in [6.45, 7) is 4.24. The SMILES string of the molecule is Cc1cc(C2=CCC[C@@H]3CCNC[C@H]23)on1. The van der Waals surface area contributed by atoms with Crippen molar-refractivity contribution in [2.75, 3.05) is 13.1 Å². The van der Waals surface area contributed by atoms with E-state index in [1.165, 1.54) is 31.4 Å². The van der Waals surface area contributed by atoms with Crippen LogP contribution >= 0.6 is 0 Å². The number of fused-ring (bicyclic) bond motifs is 1. The molecule has 0 unspecified atom stereocenters. The Morgan fingerprint density at radius 2 is 2.38 bits per heavy atom. The summed E-state index contributed by atoms with van der Waals surface area (Å²) in [6.07, 6.45) is 6.17. The lowest BCUT2D eigenvalue weighted by Crippen LogP contribution is -2.38. The summed E-state index contributed by atoms with van der Waals surface area (Å²) in [7, 11) is 0. The van der Waals surface area contributed by atoms with Crippen LogP contribution in [0.2, 0.25) is 0 Å². The van der Waals surface area contributed by atoms with E-state index in [0.29, 0.717) is 5.92 Å². The molecule has 1 fully saturated rings. The minimum atomic E-state index is 0.634. The fourth-order valence-electron chi connectivity index (χ4n) is 3.01. The molecule has 2 atom stereocenters. The lowest BCUT2D eigenvalue weighted by Gasteiger charge is -2.35. The molecule has 3 rings (SSSR count). The van der Waals surface area contributed by atoms with Crippen molar-refractivity contribution in [2.24, 2.45) is 11.8 Å². The van der Waals surface area contributed by atoms with Gasteiger partial charge >= 0.3 is 0 Å². The third kappa shape index (κ3) is 1.69. The zero-order chi connectivity index (χ0) is 11.0. The molecular formula is C13H18N2O. The highest BCUT2D eigenvalue weighted by Gasteiger charge is 2.32. The Hall–Kier alpha value is -1.09. The Balaban J connectivity index is 1.90. The van der Waals surface area contributed by atoms with E-state index >= 15 is 0 Å². The smallest absolute Gasteiger partial charge is 0.163 e. The number of hydrogen-bond acceptors (Lipinski definition) is 3.